The average Bonchev–Trinajstić information content (AvgIpc) is 2.16. The van der Waals surface area contributed by atoms with Crippen LogP contribution in [0.5, 0.6) is 5.75 Å². The van der Waals surface area contributed by atoms with Gasteiger partial charge in [0.25, 0.3) is 0 Å². The maximum Gasteiger partial charge on any atom is 0.123 e. The minimum absolute atomic E-state index is 0.267. The molecule has 1 nitrogen and oxygen atoms in total. The standard InChI is InChI=1S/C14H20O/c1-10(2)11-5-6-12-13(9-11)15-8-7-14(12,3)4/h5-6,9-10H,7-8H2,1-4H3. The molecule has 15 heavy (non-hydrogen) atoms. The highest BCUT2D eigenvalue weighted by Gasteiger charge is 2.28. The monoisotopic (exact) mass is 204 g/mol. The van der Waals surface area contributed by atoms with Gasteiger partial charge in [-0.2, -0.15) is 0 Å². The van der Waals surface area contributed by atoms with E-state index in [-0.39, 0.29) is 5.41 Å². The van der Waals surface area contributed by atoms with Gasteiger partial charge in [-0.1, -0.05) is 39.8 Å². The summed E-state index contributed by atoms with van der Waals surface area (Å²) in [6, 6.07) is 6.69. The molecular formula is C14H20O. The fourth-order valence-corrected chi connectivity index (χ4v) is 2.13. The van der Waals surface area contributed by atoms with Crippen molar-refractivity contribution in [1.82, 2.24) is 0 Å². The van der Waals surface area contributed by atoms with E-state index in [0.717, 1.165) is 18.8 Å². The van der Waals surface area contributed by atoms with Crippen molar-refractivity contribution in [3.05, 3.63) is 29.3 Å². The van der Waals surface area contributed by atoms with E-state index < -0.39 is 0 Å². The van der Waals surface area contributed by atoms with Crippen LogP contribution >= 0.6 is 0 Å². The zero-order chi connectivity index (χ0) is 11.1. The lowest BCUT2D eigenvalue weighted by Crippen LogP contribution is -2.26. The molecular weight excluding hydrogens is 184 g/mol. The summed E-state index contributed by atoms with van der Waals surface area (Å²) in [6.07, 6.45) is 1.11. The Morgan fingerprint density at radius 3 is 2.67 bits per heavy atom. The van der Waals surface area contributed by atoms with Crippen molar-refractivity contribution < 1.29 is 4.74 Å². The SMILES string of the molecule is CC(C)c1ccc2c(c1)OCCC2(C)C. The maximum absolute atomic E-state index is 5.75. The van der Waals surface area contributed by atoms with Crippen molar-refractivity contribution in [1.29, 1.82) is 0 Å². The van der Waals surface area contributed by atoms with Crippen molar-refractivity contribution in [2.45, 2.75) is 45.4 Å². The fourth-order valence-electron chi connectivity index (χ4n) is 2.13. The molecule has 0 unspecified atom stereocenters. The molecule has 1 aliphatic heterocycles. The van der Waals surface area contributed by atoms with Gasteiger partial charge in [0.1, 0.15) is 5.75 Å². The molecule has 0 bridgehead atoms. The van der Waals surface area contributed by atoms with Crippen LogP contribution < -0.4 is 4.74 Å². The molecule has 0 radical (unpaired) electrons. The molecule has 0 aliphatic carbocycles. The van der Waals surface area contributed by atoms with Gasteiger partial charge in [-0.3, -0.25) is 0 Å². The normalized spacial score (nSPS) is 18.5. The smallest absolute Gasteiger partial charge is 0.123 e. The fraction of sp³-hybridized carbons (Fsp3) is 0.571. The summed E-state index contributed by atoms with van der Waals surface area (Å²) >= 11 is 0. The third-order valence-corrected chi connectivity index (χ3v) is 3.39. The van der Waals surface area contributed by atoms with Crippen LogP contribution in [-0.4, -0.2) is 6.61 Å². The van der Waals surface area contributed by atoms with E-state index in [0.29, 0.717) is 5.92 Å². The van der Waals surface area contributed by atoms with Gasteiger partial charge >= 0.3 is 0 Å². The predicted octanol–water partition coefficient (Wildman–Crippen LogP) is 3.87. The van der Waals surface area contributed by atoms with E-state index in [4.69, 9.17) is 4.74 Å². The Hall–Kier alpha value is -0.980. The highest BCUT2D eigenvalue weighted by molar-refractivity contribution is 5.44. The van der Waals surface area contributed by atoms with Gasteiger partial charge < -0.3 is 4.74 Å². The van der Waals surface area contributed by atoms with Gasteiger partial charge in [-0.05, 0) is 34.9 Å². The number of hydrogen-bond donors (Lipinski definition) is 0. The Morgan fingerprint density at radius 1 is 1.27 bits per heavy atom. The number of ether oxygens (including phenoxy) is 1. The van der Waals surface area contributed by atoms with Crippen molar-refractivity contribution in [2.75, 3.05) is 6.61 Å². The number of rotatable bonds is 1. The summed E-state index contributed by atoms with van der Waals surface area (Å²) < 4.78 is 5.75. The van der Waals surface area contributed by atoms with Crippen LogP contribution in [-0.2, 0) is 5.41 Å². The molecule has 82 valence electrons. The van der Waals surface area contributed by atoms with Gasteiger partial charge in [-0.15, -0.1) is 0 Å². The molecule has 1 aromatic rings. The van der Waals surface area contributed by atoms with E-state index in [1.54, 1.807) is 0 Å². The largest absolute Gasteiger partial charge is 0.493 e. The highest BCUT2D eigenvalue weighted by atomic mass is 16.5. The zero-order valence-electron chi connectivity index (χ0n) is 10.1. The molecule has 0 fully saturated rings. The maximum atomic E-state index is 5.75. The van der Waals surface area contributed by atoms with Crippen molar-refractivity contribution in [3.63, 3.8) is 0 Å². The van der Waals surface area contributed by atoms with Crippen LogP contribution in [0, 0.1) is 0 Å². The molecule has 0 spiro atoms. The second-order valence-corrected chi connectivity index (χ2v) is 5.39. The zero-order valence-corrected chi connectivity index (χ0v) is 10.1. The summed E-state index contributed by atoms with van der Waals surface area (Å²) in [7, 11) is 0. The van der Waals surface area contributed by atoms with Crippen LogP contribution in [0.1, 0.15) is 51.2 Å². The first-order chi connectivity index (χ1) is 7.00. The second kappa shape index (κ2) is 3.55. The molecule has 0 saturated heterocycles. The molecule has 0 amide bonds. The second-order valence-electron chi connectivity index (χ2n) is 5.39. The van der Waals surface area contributed by atoms with Gasteiger partial charge in [0, 0.05) is 0 Å². The quantitative estimate of drug-likeness (QED) is 0.674. The molecule has 0 aromatic heterocycles. The van der Waals surface area contributed by atoms with E-state index >= 15 is 0 Å². The van der Waals surface area contributed by atoms with Gasteiger partial charge in [0.2, 0.25) is 0 Å². The average molecular weight is 204 g/mol. The Morgan fingerprint density at radius 2 is 2.00 bits per heavy atom. The first-order valence-corrected chi connectivity index (χ1v) is 5.78. The number of benzene rings is 1. The third-order valence-electron chi connectivity index (χ3n) is 3.39. The minimum Gasteiger partial charge on any atom is -0.493 e. The Labute approximate surface area is 92.5 Å². The summed E-state index contributed by atoms with van der Waals surface area (Å²) in [5.74, 6) is 1.67. The molecule has 1 aliphatic rings. The van der Waals surface area contributed by atoms with E-state index in [1.165, 1.54) is 11.1 Å². The Kier molecular flexibility index (Phi) is 2.49. The van der Waals surface area contributed by atoms with Crippen LogP contribution in [0.4, 0.5) is 0 Å². The van der Waals surface area contributed by atoms with Crippen molar-refractivity contribution in [3.8, 4) is 5.75 Å². The first kappa shape index (κ1) is 10.5. The third kappa shape index (κ3) is 1.88. The molecule has 0 N–H and O–H groups in total. The topological polar surface area (TPSA) is 9.23 Å². The van der Waals surface area contributed by atoms with Crippen molar-refractivity contribution >= 4 is 0 Å². The highest BCUT2D eigenvalue weighted by Crippen LogP contribution is 2.39. The summed E-state index contributed by atoms with van der Waals surface area (Å²) in [6.45, 7) is 9.87. The summed E-state index contributed by atoms with van der Waals surface area (Å²) in [5.41, 5.74) is 2.99. The van der Waals surface area contributed by atoms with Crippen molar-refractivity contribution in [2.24, 2.45) is 0 Å². The molecule has 1 heteroatoms. The molecule has 0 saturated carbocycles. The van der Waals surface area contributed by atoms with E-state index in [9.17, 15) is 0 Å². The lowest BCUT2D eigenvalue weighted by atomic mass is 9.79. The first-order valence-electron chi connectivity index (χ1n) is 5.78. The predicted molar refractivity (Wildman–Crippen MR) is 63.7 cm³/mol. The number of hydrogen-bond acceptors (Lipinski definition) is 1. The number of fused-ring (bicyclic) bond motifs is 1. The Bertz CT molecular complexity index is 364. The van der Waals surface area contributed by atoms with Crippen LogP contribution in [0.15, 0.2) is 18.2 Å². The molecule has 2 rings (SSSR count). The summed E-state index contributed by atoms with van der Waals surface area (Å²) in [4.78, 5) is 0. The van der Waals surface area contributed by atoms with Gasteiger partial charge in [0.05, 0.1) is 6.61 Å². The van der Waals surface area contributed by atoms with E-state index in [1.807, 2.05) is 0 Å². The molecule has 1 aromatic carbocycles. The van der Waals surface area contributed by atoms with Crippen LogP contribution in [0.25, 0.3) is 0 Å². The molecule has 0 atom stereocenters. The lowest BCUT2D eigenvalue weighted by molar-refractivity contribution is 0.234. The minimum atomic E-state index is 0.267. The summed E-state index contributed by atoms with van der Waals surface area (Å²) in [5, 5.41) is 0. The van der Waals surface area contributed by atoms with Crippen LogP contribution in [0.3, 0.4) is 0 Å². The van der Waals surface area contributed by atoms with Crippen LogP contribution in [0.2, 0.25) is 0 Å². The lowest BCUT2D eigenvalue weighted by Gasteiger charge is -2.32. The Balaban J connectivity index is 2.45. The van der Waals surface area contributed by atoms with Gasteiger partial charge in [-0.25, -0.2) is 0 Å². The molecule has 1 heterocycles. The van der Waals surface area contributed by atoms with E-state index in [2.05, 4.69) is 45.9 Å². The van der Waals surface area contributed by atoms with Gasteiger partial charge in [0.15, 0.2) is 0 Å².